The highest BCUT2D eigenvalue weighted by molar-refractivity contribution is 7.99. The van der Waals surface area contributed by atoms with E-state index < -0.39 is 11.9 Å². The van der Waals surface area contributed by atoms with Crippen molar-refractivity contribution in [1.29, 1.82) is 0 Å². The molecule has 0 aliphatic rings. The quantitative estimate of drug-likeness (QED) is 0.853. The number of carbonyl (C=O) groups excluding carboxylic acids is 1. The maximum absolute atomic E-state index is 11.7. The number of hydrogen-bond acceptors (Lipinski definition) is 5. The number of carbonyl (C=O) groups is 2. The lowest BCUT2D eigenvalue weighted by atomic mass is 10.1. The lowest BCUT2D eigenvalue weighted by molar-refractivity contribution is 0.0582. The Morgan fingerprint density at radius 2 is 1.59 bits per heavy atom. The molecule has 0 saturated carbocycles. The average Bonchev–Trinajstić information content (AvgIpc) is 2.54. The molecule has 0 fully saturated rings. The van der Waals surface area contributed by atoms with Crippen LogP contribution in [-0.2, 0) is 4.74 Å². The van der Waals surface area contributed by atoms with E-state index in [2.05, 4.69) is 4.74 Å². The fourth-order valence-corrected chi connectivity index (χ4v) is 2.69. The van der Waals surface area contributed by atoms with Crippen molar-refractivity contribution >= 4 is 23.7 Å². The summed E-state index contributed by atoms with van der Waals surface area (Å²) in [7, 11) is 2.81. The van der Waals surface area contributed by atoms with Gasteiger partial charge >= 0.3 is 11.9 Å². The van der Waals surface area contributed by atoms with E-state index in [0.29, 0.717) is 0 Å². The molecule has 114 valence electrons. The van der Waals surface area contributed by atoms with E-state index >= 15 is 0 Å². The number of esters is 1. The zero-order valence-corrected chi connectivity index (χ0v) is 12.8. The van der Waals surface area contributed by atoms with Crippen molar-refractivity contribution in [3.63, 3.8) is 0 Å². The van der Waals surface area contributed by atoms with Gasteiger partial charge in [-0.15, -0.1) is 0 Å². The van der Waals surface area contributed by atoms with Gasteiger partial charge in [0.15, 0.2) is 0 Å². The summed E-state index contributed by atoms with van der Waals surface area (Å²) in [6.07, 6.45) is 0. The molecule has 0 radical (unpaired) electrons. The number of methoxy groups -OCH3 is 2. The van der Waals surface area contributed by atoms with Crippen LogP contribution in [0.25, 0.3) is 0 Å². The first-order chi connectivity index (χ1) is 10.5. The number of hydrogen-bond donors (Lipinski definition) is 1. The number of benzene rings is 2. The molecule has 1 N–H and O–H groups in total. The summed E-state index contributed by atoms with van der Waals surface area (Å²) in [6.45, 7) is 0. The Labute approximate surface area is 131 Å². The first-order valence-corrected chi connectivity index (χ1v) is 7.14. The molecule has 2 aromatic rings. The van der Waals surface area contributed by atoms with E-state index in [-0.39, 0.29) is 11.1 Å². The molecule has 0 aliphatic heterocycles. The van der Waals surface area contributed by atoms with Gasteiger partial charge in [-0.05, 0) is 42.5 Å². The zero-order chi connectivity index (χ0) is 16.1. The summed E-state index contributed by atoms with van der Waals surface area (Å²) in [5, 5.41) is 9.12. The molecular weight excluding hydrogens is 304 g/mol. The van der Waals surface area contributed by atoms with Crippen LogP contribution in [0.5, 0.6) is 5.75 Å². The fourth-order valence-electron chi connectivity index (χ4n) is 1.83. The smallest absolute Gasteiger partial charge is 0.338 e. The third-order valence-corrected chi connectivity index (χ3v) is 3.92. The molecule has 5 nitrogen and oxygen atoms in total. The van der Waals surface area contributed by atoms with E-state index in [9.17, 15) is 9.59 Å². The van der Waals surface area contributed by atoms with E-state index in [0.717, 1.165) is 15.5 Å². The standard InChI is InChI=1S/C16H14O5S/c1-20-10-3-5-11(6-4-10)22-12-7-8-13(15(17)18)14(9-12)16(19)21-2/h3-9H,1-2H3,(H,17,18). The Bertz CT molecular complexity index is 694. The molecule has 0 amide bonds. The summed E-state index contributed by atoms with van der Waals surface area (Å²) in [6, 6.07) is 12.0. The van der Waals surface area contributed by atoms with Gasteiger partial charge in [0.2, 0.25) is 0 Å². The number of carboxylic acid groups (broad SMARTS) is 1. The Hall–Kier alpha value is -2.47. The maximum atomic E-state index is 11.7. The van der Waals surface area contributed by atoms with Crippen LogP contribution >= 0.6 is 11.8 Å². The molecule has 0 spiro atoms. The fraction of sp³-hybridized carbons (Fsp3) is 0.125. The van der Waals surface area contributed by atoms with Crippen LogP contribution < -0.4 is 4.74 Å². The van der Waals surface area contributed by atoms with Crippen molar-refractivity contribution in [2.75, 3.05) is 14.2 Å². The molecule has 0 bridgehead atoms. The van der Waals surface area contributed by atoms with E-state index in [1.165, 1.54) is 31.0 Å². The highest BCUT2D eigenvalue weighted by atomic mass is 32.2. The predicted molar refractivity (Wildman–Crippen MR) is 81.9 cm³/mol. The van der Waals surface area contributed by atoms with Crippen LogP contribution in [0.3, 0.4) is 0 Å². The second-order valence-electron chi connectivity index (χ2n) is 4.28. The van der Waals surface area contributed by atoms with Crippen LogP contribution in [0.1, 0.15) is 20.7 Å². The molecule has 0 aromatic heterocycles. The van der Waals surface area contributed by atoms with Crippen molar-refractivity contribution < 1.29 is 24.2 Å². The number of aromatic carboxylic acids is 1. The van der Waals surface area contributed by atoms with Crippen LogP contribution in [0, 0.1) is 0 Å². The van der Waals surface area contributed by atoms with Gasteiger partial charge in [-0.2, -0.15) is 0 Å². The van der Waals surface area contributed by atoms with Gasteiger partial charge in [0.25, 0.3) is 0 Å². The van der Waals surface area contributed by atoms with Crippen LogP contribution in [-0.4, -0.2) is 31.3 Å². The molecule has 6 heteroatoms. The monoisotopic (exact) mass is 318 g/mol. The Balaban J connectivity index is 2.31. The molecular formula is C16H14O5S. The molecule has 22 heavy (non-hydrogen) atoms. The van der Waals surface area contributed by atoms with Gasteiger partial charge in [0.1, 0.15) is 5.75 Å². The van der Waals surface area contributed by atoms with Gasteiger partial charge in [-0.3, -0.25) is 0 Å². The third-order valence-electron chi connectivity index (χ3n) is 2.92. The van der Waals surface area contributed by atoms with Crippen molar-refractivity contribution in [2.45, 2.75) is 9.79 Å². The Morgan fingerprint density at radius 3 is 2.14 bits per heavy atom. The van der Waals surface area contributed by atoms with Crippen molar-refractivity contribution in [3.8, 4) is 5.75 Å². The predicted octanol–water partition coefficient (Wildman–Crippen LogP) is 3.33. The normalized spacial score (nSPS) is 10.1. The SMILES string of the molecule is COC(=O)c1cc(Sc2ccc(OC)cc2)ccc1C(=O)O. The topological polar surface area (TPSA) is 72.8 Å². The second kappa shape index (κ2) is 7.00. The van der Waals surface area contributed by atoms with Crippen molar-refractivity contribution in [1.82, 2.24) is 0 Å². The molecule has 2 rings (SSSR count). The number of carboxylic acids is 1. The van der Waals surface area contributed by atoms with Gasteiger partial charge < -0.3 is 14.6 Å². The van der Waals surface area contributed by atoms with Crippen LogP contribution in [0.4, 0.5) is 0 Å². The van der Waals surface area contributed by atoms with Gasteiger partial charge in [-0.1, -0.05) is 11.8 Å². The Kier molecular flexibility index (Phi) is 5.06. The Morgan fingerprint density at radius 1 is 0.955 bits per heavy atom. The minimum atomic E-state index is -1.17. The van der Waals surface area contributed by atoms with Gasteiger partial charge in [-0.25, -0.2) is 9.59 Å². The van der Waals surface area contributed by atoms with E-state index in [4.69, 9.17) is 9.84 Å². The first kappa shape index (κ1) is 15.9. The zero-order valence-electron chi connectivity index (χ0n) is 12.0. The average molecular weight is 318 g/mol. The molecule has 0 unspecified atom stereocenters. The van der Waals surface area contributed by atoms with E-state index in [1.54, 1.807) is 13.2 Å². The van der Waals surface area contributed by atoms with Crippen molar-refractivity contribution in [2.24, 2.45) is 0 Å². The first-order valence-electron chi connectivity index (χ1n) is 6.32. The lowest BCUT2D eigenvalue weighted by Crippen LogP contribution is -2.10. The summed E-state index contributed by atoms with van der Waals surface area (Å²) >= 11 is 1.41. The van der Waals surface area contributed by atoms with E-state index in [1.807, 2.05) is 24.3 Å². The minimum absolute atomic E-state index is 0.0357. The van der Waals surface area contributed by atoms with Gasteiger partial charge in [0, 0.05) is 9.79 Å². The molecule has 0 atom stereocenters. The second-order valence-corrected chi connectivity index (χ2v) is 5.43. The lowest BCUT2D eigenvalue weighted by Gasteiger charge is -2.08. The maximum Gasteiger partial charge on any atom is 0.338 e. The molecule has 2 aromatic carbocycles. The summed E-state index contributed by atoms with van der Waals surface area (Å²) in [5.74, 6) is -1.09. The summed E-state index contributed by atoms with van der Waals surface area (Å²) in [5.41, 5.74) is -0.0422. The molecule has 0 saturated heterocycles. The number of ether oxygens (including phenoxy) is 2. The van der Waals surface area contributed by atoms with Crippen LogP contribution in [0.15, 0.2) is 52.3 Å². The molecule has 0 heterocycles. The molecule has 0 aliphatic carbocycles. The van der Waals surface area contributed by atoms with Gasteiger partial charge in [0.05, 0.1) is 25.3 Å². The van der Waals surface area contributed by atoms with Crippen molar-refractivity contribution in [3.05, 3.63) is 53.6 Å². The highest BCUT2D eigenvalue weighted by Gasteiger charge is 2.18. The summed E-state index contributed by atoms with van der Waals surface area (Å²) < 4.78 is 9.73. The minimum Gasteiger partial charge on any atom is -0.497 e. The third kappa shape index (κ3) is 3.59. The highest BCUT2D eigenvalue weighted by Crippen LogP contribution is 2.30. The summed E-state index contributed by atoms with van der Waals surface area (Å²) in [4.78, 5) is 24.6. The van der Waals surface area contributed by atoms with Crippen LogP contribution in [0.2, 0.25) is 0 Å². The number of rotatable bonds is 5. The largest absolute Gasteiger partial charge is 0.497 e.